The lowest BCUT2D eigenvalue weighted by atomic mass is 9.86. The average Bonchev–Trinajstić information content (AvgIpc) is 1.24. The largest absolute Gasteiger partial charge is 0.309 e. The van der Waals surface area contributed by atoms with Crippen LogP contribution in [0.2, 0.25) is 0 Å². The molecule has 2 aliphatic heterocycles. The quantitative estimate of drug-likeness (QED) is 0.142. The molecule has 4 nitrogen and oxygen atoms in total. The number of pyridine rings is 1. The minimum absolute atomic E-state index is 0.0257. The third-order valence-corrected chi connectivity index (χ3v) is 25.4. The Balaban J connectivity index is 0.625. The number of thioether (sulfide) groups is 1. The molecule has 0 radical (unpaired) electrons. The second kappa shape index (κ2) is 23.3. The molecule has 17 aromatic carbocycles. The number of benzene rings is 17. The molecule has 23 rings (SSSR count). The molecule has 0 saturated heterocycles. The predicted octanol–water partition coefficient (Wildman–Crippen LogP) is 27.5. The lowest BCUT2D eigenvalue weighted by Gasteiger charge is -2.26. The molecule has 0 fully saturated rings. The van der Waals surface area contributed by atoms with E-state index < -0.39 is 0 Å². The maximum absolute atomic E-state index is 5.94. The lowest BCUT2D eigenvalue weighted by molar-refractivity contribution is 0.889. The van der Waals surface area contributed by atoms with Gasteiger partial charge in [-0.15, -0.1) is 23.1 Å². The van der Waals surface area contributed by atoms with E-state index in [1.807, 2.05) is 18.0 Å². The summed E-state index contributed by atoms with van der Waals surface area (Å²) >= 11 is 3.71. The second-order valence-electron chi connectivity index (χ2n) is 28.6. The van der Waals surface area contributed by atoms with Gasteiger partial charge < -0.3 is 4.57 Å². The van der Waals surface area contributed by atoms with Crippen molar-refractivity contribution in [1.82, 2.24) is 14.1 Å². The number of nitrogens with zero attached hydrogens (tertiary/aromatic N) is 4. The molecule has 0 bridgehead atoms. The van der Waals surface area contributed by atoms with E-state index in [9.17, 15) is 0 Å². The number of hydrogen-bond donors (Lipinski definition) is 0. The van der Waals surface area contributed by atoms with Crippen molar-refractivity contribution < 1.29 is 0 Å². The van der Waals surface area contributed by atoms with E-state index in [-0.39, 0.29) is 11.2 Å². The van der Waals surface area contributed by atoms with Crippen LogP contribution in [0.15, 0.2) is 362 Å². The van der Waals surface area contributed by atoms with Crippen molar-refractivity contribution in [3.05, 3.63) is 363 Å². The minimum atomic E-state index is 0.0257. The number of rotatable bonds is 8. The third kappa shape index (κ3) is 9.15. The van der Waals surface area contributed by atoms with Crippen LogP contribution in [0.3, 0.4) is 0 Å². The summed E-state index contributed by atoms with van der Waals surface area (Å²) in [6.07, 6.45) is 4.51. The Morgan fingerprint density at radius 3 is 1.24 bits per heavy atom. The predicted molar refractivity (Wildman–Crippen MR) is 453 cm³/mol. The Labute approximate surface area is 618 Å². The Hall–Kier alpha value is -13.0. The van der Waals surface area contributed by atoms with Crippen LogP contribution in [0.5, 0.6) is 0 Å². The molecule has 0 saturated carbocycles. The summed E-state index contributed by atoms with van der Waals surface area (Å²) in [4.78, 5) is 13.3. The molecule has 2 atom stereocenters. The molecule has 0 spiro atoms. The molecule has 2 aliphatic rings. The van der Waals surface area contributed by atoms with Gasteiger partial charge in [-0.05, 0) is 223 Å². The highest BCUT2D eigenvalue weighted by Crippen LogP contribution is 2.53. The van der Waals surface area contributed by atoms with Crippen LogP contribution >= 0.6 is 23.1 Å². The molecule has 0 amide bonds. The Morgan fingerprint density at radius 1 is 0.264 bits per heavy atom. The molecule has 6 heterocycles. The summed E-state index contributed by atoms with van der Waals surface area (Å²) in [6, 6.07) is 127. The highest BCUT2D eigenvalue weighted by atomic mass is 32.2. The van der Waals surface area contributed by atoms with Crippen molar-refractivity contribution >= 4 is 163 Å². The number of fused-ring (bicyclic) bond motifs is 24. The van der Waals surface area contributed by atoms with Crippen LogP contribution in [0.25, 0.3) is 196 Å². The molecule has 0 aliphatic carbocycles. The van der Waals surface area contributed by atoms with Gasteiger partial charge in [0.05, 0.1) is 33.0 Å². The van der Waals surface area contributed by atoms with Crippen molar-refractivity contribution in [2.24, 2.45) is 4.99 Å². The maximum atomic E-state index is 5.94. The van der Waals surface area contributed by atoms with Crippen molar-refractivity contribution in [3.63, 3.8) is 0 Å². The summed E-state index contributed by atoms with van der Waals surface area (Å²) in [5.74, 6) is 0.957. The van der Waals surface area contributed by atoms with E-state index in [0.29, 0.717) is 0 Å². The van der Waals surface area contributed by atoms with Crippen molar-refractivity contribution in [2.75, 3.05) is 0 Å². The maximum Gasteiger partial charge on any atom is 0.134 e. The van der Waals surface area contributed by atoms with Gasteiger partial charge in [-0.2, -0.15) is 0 Å². The normalized spacial score (nSPS) is 14.5. The number of para-hydroxylation sites is 3. The Kier molecular flexibility index (Phi) is 13.1. The van der Waals surface area contributed by atoms with Gasteiger partial charge >= 0.3 is 0 Å². The first-order valence-electron chi connectivity index (χ1n) is 36.5. The minimum Gasteiger partial charge on any atom is -0.309 e. The zero-order valence-corrected chi connectivity index (χ0v) is 58.9. The summed E-state index contributed by atoms with van der Waals surface area (Å²) < 4.78 is 6.13. The van der Waals surface area contributed by atoms with Crippen molar-refractivity contribution in [3.8, 4) is 61.3 Å². The van der Waals surface area contributed by atoms with Gasteiger partial charge in [0.15, 0.2) is 0 Å². The van der Waals surface area contributed by atoms with Crippen LogP contribution in [0.4, 0.5) is 0 Å². The van der Waals surface area contributed by atoms with E-state index in [1.54, 1.807) is 11.3 Å². The average molecular weight is 1380 g/mol. The first-order valence-corrected chi connectivity index (χ1v) is 38.2. The number of hydrogen-bond acceptors (Lipinski definition) is 4. The van der Waals surface area contributed by atoms with E-state index in [2.05, 4.69) is 355 Å². The molecule has 2 unspecified atom stereocenters. The SMILES string of the molecule is C1=C(n2c3ccccc3c3cc(-n4c5ccccc5c5ccccc54)ccc32)N=C(c2ccc(-c3ccc4c5ccc(-c6cccc(-c7cnc8sc9ccccc9c8c7)c6)cc5c5ccccc5c4c3)cc2)C2Sc3ccc(-c4cccc(-c5ccc6c7ccccc7c7ccccc7c6c5)c4)cc3C12. The summed E-state index contributed by atoms with van der Waals surface area (Å²) in [5.41, 5.74) is 21.1. The van der Waals surface area contributed by atoms with Crippen LogP contribution in [0, 0.1) is 0 Å². The number of aromatic nitrogens is 3. The van der Waals surface area contributed by atoms with E-state index in [4.69, 9.17) is 9.98 Å². The fourth-order valence-corrected chi connectivity index (χ4v) is 20.4. The van der Waals surface area contributed by atoms with Gasteiger partial charge in [0.2, 0.25) is 0 Å². The highest BCUT2D eigenvalue weighted by Gasteiger charge is 2.40. The molecular formula is C100H60N4S2. The standard InChI is InChI=1S/C100H60N4S2/c1-2-23-73-71(21-1)72-22-3-4-24-74(72)85-52-66(40-45-77(73)85)61-17-15-18-62(49-61)68-42-48-96-88(54-68)89-57-97(104-93-33-13-9-29-82(93)87-56-70(43-47-94(87)104)103-91-31-11-7-27-80(91)81-28-8-12-32-92(81)103)102-98(99(89)105-96)60-37-35-59(36-38-60)65-39-44-78-79-46-41-67(53-86(79)76-26-6-5-25-75(76)84(78)51-65)63-19-16-20-64(50-63)69-55-90-83-30-10-14-34-95(83)106-100(90)101-58-69/h1-58,89,99H. The molecule has 0 N–H and O–H groups in total. The van der Waals surface area contributed by atoms with E-state index in [0.717, 1.165) is 55.3 Å². The molecule has 106 heavy (non-hydrogen) atoms. The fourth-order valence-electron chi connectivity index (χ4n) is 17.9. The van der Waals surface area contributed by atoms with Gasteiger partial charge in [0.25, 0.3) is 0 Å². The molecule has 492 valence electrons. The zero-order chi connectivity index (χ0) is 69.2. The number of thiophene rings is 1. The zero-order valence-electron chi connectivity index (χ0n) is 57.2. The van der Waals surface area contributed by atoms with Gasteiger partial charge in [-0.3, -0.25) is 4.57 Å². The van der Waals surface area contributed by atoms with Crippen molar-refractivity contribution in [1.29, 1.82) is 0 Å². The van der Waals surface area contributed by atoms with E-state index >= 15 is 0 Å². The summed E-state index contributed by atoms with van der Waals surface area (Å²) in [7, 11) is 0. The summed E-state index contributed by atoms with van der Waals surface area (Å²) in [5, 5.41) is 22.5. The smallest absolute Gasteiger partial charge is 0.134 e. The third-order valence-electron chi connectivity index (χ3n) is 22.9. The van der Waals surface area contributed by atoms with Gasteiger partial charge in [-0.1, -0.05) is 249 Å². The first-order chi connectivity index (χ1) is 52.5. The number of aliphatic imine (C=N–C) groups is 1. The second-order valence-corrected chi connectivity index (χ2v) is 30.8. The highest BCUT2D eigenvalue weighted by molar-refractivity contribution is 8.01. The molecule has 4 aromatic heterocycles. The fraction of sp³-hybridized carbons (Fsp3) is 0.0200. The monoisotopic (exact) mass is 1380 g/mol. The van der Waals surface area contributed by atoms with Gasteiger partial charge in [0.1, 0.15) is 10.7 Å². The van der Waals surface area contributed by atoms with E-state index in [1.165, 1.54) is 162 Å². The topological polar surface area (TPSA) is 35.1 Å². The van der Waals surface area contributed by atoms with Crippen LogP contribution in [-0.4, -0.2) is 25.1 Å². The van der Waals surface area contributed by atoms with Gasteiger partial charge in [-0.25, -0.2) is 9.98 Å². The Morgan fingerprint density at radius 2 is 0.670 bits per heavy atom. The van der Waals surface area contributed by atoms with Crippen LogP contribution < -0.4 is 0 Å². The van der Waals surface area contributed by atoms with Crippen molar-refractivity contribution in [2.45, 2.75) is 16.1 Å². The van der Waals surface area contributed by atoms with Crippen LogP contribution in [0.1, 0.15) is 17.0 Å². The molecule has 21 aromatic rings. The van der Waals surface area contributed by atoms with Gasteiger partial charge in [0, 0.05) is 65.3 Å². The molecular weight excluding hydrogens is 1320 g/mol. The molecule has 6 heteroatoms. The Bertz CT molecular complexity index is 7340. The summed E-state index contributed by atoms with van der Waals surface area (Å²) in [6.45, 7) is 0. The number of allylic oxidation sites excluding steroid dienone is 1. The van der Waals surface area contributed by atoms with Crippen LogP contribution in [-0.2, 0) is 0 Å². The lowest BCUT2D eigenvalue weighted by Crippen LogP contribution is -2.26. The first kappa shape index (κ1) is 59.5.